The fraction of sp³-hybridized carbons (Fsp3) is 0.273. The van der Waals surface area contributed by atoms with Crippen LogP contribution in [0.3, 0.4) is 0 Å². The molecule has 0 bridgehead atoms. The summed E-state index contributed by atoms with van der Waals surface area (Å²) in [5.74, 6) is 0.775. The van der Waals surface area contributed by atoms with Crippen molar-refractivity contribution in [3.05, 3.63) is 39.1 Å². The van der Waals surface area contributed by atoms with Crippen LogP contribution in [0.2, 0.25) is 0 Å². The number of hydrogen-bond donors (Lipinski definition) is 0. The zero-order valence-electron chi connectivity index (χ0n) is 8.83. The molecule has 0 amide bonds. The number of nitrogens with zero attached hydrogens (tertiary/aromatic N) is 1. The maximum atomic E-state index is 10.8. The topological polar surface area (TPSA) is 56.3 Å². The minimum Gasteiger partial charge on any atom is -0.461 e. The molecule has 4 heteroatoms. The van der Waals surface area contributed by atoms with Gasteiger partial charge in [-0.1, -0.05) is 0 Å². The first-order chi connectivity index (χ1) is 7.00. The first kappa shape index (κ1) is 9.71. The average Bonchev–Trinajstić information content (AvgIpc) is 2.53. The molecule has 2 aromatic rings. The van der Waals surface area contributed by atoms with Crippen molar-refractivity contribution in [3.63, 3.8) is 0 Å². The van der Waals surface area contributed by atoms with E-state index < -0.39 is 0 Å². The van der Waals surface area contributed by atoms with Crippen LogP contribution in [0.4, 0.5) is 5.69 Å². The second-order valence-corrected chi connectivity index (χ2v) is 3.69. The molecule has 1 aromatic carbocycles. The zero-order chi connectivity index (χ0) is 11.2. The van der Waals surface area contributed by atoms with Crippen molar-refractivity contribution in [2.75, 3.05) is 0 Å². The summed E-state index contributed by atoms with van der Waals surface area (Å²) in [6.45, 7) is 5.40. The standard InChI is InChI=1S/C11H11NO3/c1-6-4-10(12(13)14)8(3)11-9(6)5-7(2)15-11/h4-5H,1-3H3. The van der Waals surface area contributed by atoms with Crippen molar-refractivity contribution in [1.82, 2.24) is 0 Å². The van der Waals surface area contributed by atoms with Gasteiger partial charge < -0.3 is 4.42 Å². The third-order valence-electron chi connectivity index (χ3n) is 2.55. The molecule has 0 aliphatic heterocycles. The van der Waals surface area contributed by atoms with Gasteiger partial charge in [-0.15, -0.1) is 0 Å². The van der Waals surface area contributed by atoms with E-state index in [0.717, 1.165) is 16.7 Å². The number of furan rings is 1. The quantitative estimate of drug-likeness (QED) is 0.530. The van der Waals surface area contributed by atoms with E-state index in [-0.39, 0.29) is 10.6 Å². The van der Waals surface area contributed by atoms with Gasteiger partial charge in [-0.25, -0.2) is 0 Å². The van der Waals surface area contributed by atoms with Crippen molar-refractivity contribution in [1.29, 1.82) is 0 Å². The Balaban J connectivity index is 2.89. The van der Waals surface area contributed by atoms with E-state index in [1.807, 2.05) is 19.9 Å². The third-order valence-corrected chi connectivity index (χ3v) is 2.55. The van der Waals surface area contributed by atoms with Crippen LogP contribution in [-0.2, 0) is 0 Å². The molecule has 2 rings (SSSR count). The Morgan fingerprint density at radius 1 is 1.27 bits per heavy atom. The van der Waals surface area contributed by atoms with Crippen molar-refractivity contribution >= 4 is 16.7 Å². The van der Waals surface area contributed by atoms with Gasteiger partial charge >= 0.3 is 0 Å². The van der Waals surface area contributed by atoms with Crippen molar-refractivity contribution in [3.8, 4) is 0 Å². The number of nitro benzene ring substituents is 1. The van der Waals surface area contributed by atoms with Gasteiger partial charge in [0.15, 0.2) is 0 Å². The van der Waals surface area contributed by atoms with Gasteiger partial charge in [0.25, 0.3) is 5.69 Å². The lowest BCUT2D eigenvalue weighted by Gasteiger charge is -2.00. The van der Waals surface area contributed by atoms with Gasteiger partial charge in [0, 0.05) is 11.5 Å². The second-order valence-electron chi connectivity index (χ2n) is 3.69. The molecular formula is C11H11NO3. The number of rotatable bonds is 1. The van der Waals surface area contributed by atoms with Crippen LogP contribution in [0.1, 0.15) is 16.9 Å². The lowest BCUT2D eigenvalue weighted by molar-refractivity contribution is -0.385. The highest BCUT2D eigenvalue weighted by atomic mass is 16.6. The molecule has 15 heavy (non-hydrogen) atoms. The Kier molecular flexibility index (Phi) is 2.00. The van der Waals surface area contributed by atoms with E-state index in [1.165, 1.54) is 0 Å². The molecule has 0 aliphatic carbocycles. The van der Waals surface area contributed by atoms with E-state index in [4.69, 9.17) is 4.42 Å². The summed E-state index contributed by atoms with van der Waals surface area (Å²) in [7, 11) is 0. The Labute approximate surface area is 86.7 Å². The van der Waals surface area contributed by atoms with Gasteiger partial charge in [0.05, 0.1) is 10.5 Å². The normalized spacial score (nSPS) is 10.9. The summed E-state index contributed by atoms with van der Waals surface area (Å²) in [5.41, 5.74) is 2.21. The molecule has 0 saturated carbocycles. The molecule has 0 unspecified atom stereocenters. The summed E-state index contributed by atoms with van der Waals surface area (Å²) in [4.78, 5) is 10.4. The van der Waals surface area contributed by atoms with Gasteiger partial charge in [0.2, 0.25) is 0 Å². The molecule has 0 radical (unpaired) electrons. The van der Waals surface area contributed by atoms with Crippen molar-refractivity contribution in [2.45, 2.75) is 20.8 Å². The number of aryl methyl sites for hydroxylation is 3. The monoisotopic (exact) mass is 205 g/mol. The molecule has 4 nitrogen and oxygen atoms in total. The molecule has 0 aliphatic rings. The Morgan fingerprint density at radius 2 is 1.93 bits per heavy atom. The summed E-state index contributed by atoms with van der Waals surface area (Å²) in [6, 6.07) is 3.49. The highest BCUT2D eigenvalue weighted by molar-refractivity contribution is 5.87. The second kappa shape index (κ2) is 3.08. The Hall–Kier alpha value is -1.84. The fourth-order valence-corrected chi connectivity index (χ4v) is 1.78. The number of hydrogen-bond acceptors (Lipinski definition) is 3. The van der Waals surface area contributed by atoms with Crippen LogP contribution in [0.15, 0.2) is 16.5 Å². The minimum atomic E-state index is -0.375. The van der Waals surface area contributed by atoms with Gasteiger partial charge in [0.1, 0.15) is 11.3 Å². The van der Waals surface area contributed by atoms with Crippen LogP contribution in [0.25, 0.3) is 11.0 Å². The highest BCUT2D eigenvalue weighted by Gasteiger charge is 2.18. The molecule has 1 heterocycles. The highest BCUT2D eigenvalue weighted by Crippen LogP contribution is 2.32. The minimum absolute atomic E-state index is 0.120. The van der Waals surface area contributed by atoms with Crippen molar-refractivity contribution < 1.29 is 9.34 Å². The maximum Gasteiger partial charge on any atom is 0.276 e. The predicted octanol–water partition coefficient (Wildman–Crippen LogP) is 3.27. The summed E-state index contributed by atoms with van der Waals surface area (Å²) in [6.07, 6.45) is 0. The van der Waals surface area contributed by atoms with E-state index >= 15 is 0 Å². The largest absolute Gasteiger partial charge is 0.461 e. The summed E-state index contributed by atoms with van der Waals surface area (Å²) >= 11 is 0. The lowest BCUT2D eigenvalue weighted by Crippen LogP contribution is -1.92. The number of nitro groups is 1. The smallest absolute Gasteiger partial charge is 0.276 e. The van der Waals surface area contributed by atoms with E-state index in [0.29, 0.717) is 11.1 Å². The number of benzene rings is 1. The predicted molar refractivity (Wildman–Crippen MR) is 57.1 cm³/mol. The van der Waals surface area contributed by atoms with E-state index in [2.05, 4.69) is 0 Å². The van der Waals surface area contributed by atoms with Crippen LogP contribution in [0.5, 0.6) is 0 Å². The third kappa shape index (κ3) is 1.38. The molecule has 1 aromatic heterocycles. The van der Waals surface area contributed by atoms with Gasteiger partial charge in [-0.2, -0.15) is 0 Å². The van der Waals surface area contributed by atoms with Gasteiger partial charge in [-0.05, 0) is 32.4 Å². The summed E-state index contributed by atoms with van der Waals surface area (Å²) < 4.78 is 5.47. The molecule has 0 spiro atoms. The molecule has 0 fully saturated rings. The van der Waals surface area contributed by atoms with Crippen molar-refractivity contribution in [2.24, 2.45) is 0 Å². The molecule has 0 saturated heterocycles. The SMILES string of the molecule is Cc1cc2c(C)cc([N+](=O)[O-])c(C)c2o1. The zero-order valence-corrected chi connectivity index (χ0v) is 8.83. The first-order valence-electron chi connectivity index (χ1n) is 4.65. The van der Waals surface area contributed by atoms with Crippen LogP contribution >= 0.6 is 0 Å². The first-order valence-corrected chi connectivity index (χ1v) is 4.65. The molecule has 0 atom stereocenters. The maximum absolute atomic E-state index is 10.8. The fourth-order valence-electron chi connectivity index (χ4n) is 1.78. The van der Waals surface area contributed by atoms with Gasteiger partial charge in [-0.3, -0.25) is 10.1 Å². The molecule has 78 valence electrons. The molecule has 0 N–H and O–H groups in total. The Morgan fingerprint density at radius 3 is 2.53 bits per heavy atom. The average molecular weight is 205 g/mol. The number of fused-ring (bicyclic) bond motifs is 1. The van der Waals surface area contributed by atoms with E-state index in [1.54, 1.807) is 13.0 Å². The van der Waals surface area contributed by atoms with Crippen LogP contribution in [-0.4, -0.2) is 4.92 Å². The van der Waals surface area contributed by atoms with Crippen LogP contribution in [0, 0.1) is 30.9 Å². The van der Waals surface area contributed by atoms with E-state index in [9.17, 15) is 10.1 Å². The van der Waals surface area contributed by atoms with Crippen LogP contribution < -0.4 is 0 Å². The summed E-state index contributed by atoms with van der Waals surface area (Å²) in [5, 5.41) is 11.7. The Bertz CT molecular complexity index is 554. The molecular weight excluding hydrogens is 194 g/mol. The lowest BCUT2D eigenvalue weighted by atomic mass is 10.1.